The molecule has 0 aliphatic heterocycles. The van der Waals surface area contributed by atoms with Crippen LogP contribution in [0.2, 0.25) is 0 Å². The van der Waals surface area contributed by atoms with E-state index in [0.29, 0.717) is 37.3 Å². The molecule has 0 aromatic heterocycles. The number of hydrogen-bond donors (Lipinski definition) is 2. The molecule has 12 heteroatoms. The first-order valence-electron chi connectivity index (χ1n) is 16.8. The normalized spacial score (nSPS) is 11.8. The Labute approximate surface area is 275 Å². The van der Waals surface area contributed by atoms with Crippen LogP contribution in [-0.2, 0) is 27.8 Å². The van der Waals surface area contributed by atoms with E-state index in [9.17, 15) is 28.5 Å². The molecule has 258 valence electrons. The van der Waals surface area contributed by atoms with E-state index in [1.54, 1.807) is 60.0 Å². The van der Waals surface area contributed by atoms with Crippen LogP contribution in [0.15, 0.2) is 48.5 Å². The van der Waals surface area contributed by atoms with E-state index in [1.807, 2.05) is 0 Å². The van der Waals surface area contributed by atoms with Crippen LogP contribution in [-0.4, -0.2) is 48.9 Å². The van der Waals surface area contributed by atoms with Crippen molar-refractivity contribution < 1.29 is 37.6 Å². The van der Waals surface area contributed by atoms with Crippen molar-refractivity contribution in [1.82, 2.24) is 0 Å². The number of rotatable bonds is 27. The van der Waals surface area contributed by atoms with Gasteiger partial charge in [0.1, 0.15) is 0 Å². The lowest BCUT2D eigenvalue weighted by Crippen LogP contribution is -2.23. The molecule has 0 atom stereocenters. The summed E-state index contributed by atoms with van der Waals surface area (Å²) in [5, 5.41) is 0.450. The predicted molar refractivity (Wildman–Crippen MR) is 187 cm³/mol. The molecule has 0 bridgehead atoms. The Kier molecular flexibility index (Phi) is 19.3. The van der Waals surface area contributed by atoms with Crippen molar-refractivity contribution in [2.75, 3.05) is 36.1 Å². The highest BCUT2D eigenvalue weighted by molar-refractivity contribution is 7.62. The van der Waals surface area contributed by atoms with Crippen molar-refractivity contribution in [2.45, 2.75) is 104 Å². The topological polar surface area (TPSA) is 134 Å². The molecule has 0 saturated carbocycles. The number of benzene rings is 2. The number of nitrogens with zero attached hydrogens (tertiary/aromatic N) is 2. The van der Waals surface area contributed by atoms with E-state index in [-0.39, 0.29) is 5.30 Å². The van der Waals surface area contributed by atoms with Gasteiger partial charge in [0.15, 0.2) is 0 Å². The van der Waals surface area contributed by atoms with Gasteiger partial charge in [-0.25, -0.2) is 0 Å². The summed E-state index contributed by atoms with van der Waals surface area (Å²) in [4.78, 5) is 44.9. The van der Waals surface area contributed by atoms with Crippen molar-refractivity contribution in [1.29, 1.82) is 0 Å². The number of amides is 2. The highest BCUT2D eigenvalue weighted by atomic mass is 31.2. The maximum absolute atomic E-state index is 12.9. The van der Waals surface area contributed by atoms with Gasteiger partial charge >= 0.3 is 15.2 Å². The van der Waals surface area contributed by atoms with Crippen LogP contribution in [0, 0.1) is 0 Å². The van der Waals surface area contributed by atoms with Crippen molar-refractivity contribution in [3.8, 4) is 0 Å². The minimum Gasteiger partial charge on any atom is -0.321 e. The first kappa shape index (κ1) is 39.9. The van der Waals surface area contributed by atoms with Crippen molar-refractivity contribution in [2.24, 2.45) is 0 Å². The Bertz CT molecular complexity index is 1210. The molecule has 2 aromatic carbocycles. The Balaban J connectivity index is 1.46. The highest BCUT2D eigenvalue weighted by Crippen LogP contribution is 2.46. The zero-order chi connectivity index (χ0) is 33.7. The van der Waals surface area contributed by atoms with Gasteiger partial charge in [0.2, 0.25) is 12.8 Å². The summed E-state index contributed by atoms with van der Waals surface area (Å²) in [5.41, 5.74) is 1.42. The fraction of sp³-hybridized carbons (Fsp3) is 0.588. The van der Waals surface area contributed by atoms with Crippen molar-refractivity contribution in [3.63, 3.8) is 0 Å². The largest absolute Gasteiger partial charge is 0.361 e. The fourth-order valence-electron chi connectivity index (χ4n) is 5.36. The Morgan fingerprint density at radius 2 is 0.848 bits per heavy atom. The van der Waals surface area contributed by atoms with Crippen LogP contribution < -0.4 is 20.4 Å². The lowest BCUT2D eigenvalue weighted by Gasteiger charge is -2.20. The molecule has 0 heterocycles. The van der Waals surface area contributed by atoms with Crippen LogP contribution in [0.25, 0.3) is 0 Å². The standard InChI is InChI=1S/C34H54N2O8P2/c1-3-43-46(42,44-4-2)34-25-21-32(22-26-34)36(30-38)28-18-16-14-12-10-8-6-5-7-9-11-13-15-17-27-35(29-37)31-19-23-33(24-20-31)45(39,40)41/h19-26,29-30H,3-18,27-28H2,1-2H3,(H2,39,40,41). The summed E-state index contributed by atoms with van der Waals surface area (Å²) in [6.45, 7) is 5.40. The van der Waals surface area contributed by atoms with Crippen LogP contribution in [0.3, 0.4) is 0 Å². The maximum Gasteiger partial charge on any atom is 0.361 e. The summed E-state index contributed by atoms with van der Waals surface area (Å²) < 4.78 is 35.0. The number of unbranched alkanes of at least 4 members (excludes halogenated alkanes) is 13. The molecule has 2 N–H and O–H groups in total. The van der Waals surface area contributed by atoms with Crippen LogP contribution in [0.4, 0.5) is 11.4 Å². The lowest BCUT2D eigenvalue weighted by atomic mass is 10.0. The molecule has 0 aliphatic carbocycles. The minimum absolute atomic E-state index is 0.0468. The molecule has 10 nitrogen and oxygen atoms in total. The van der Waals surface area contributed by atoms with E-state index in [1.165, 1.54) is 63.5 Å². The monoisotopic (exact) mass is 680 g/mol. The highest BCUT2D eigenvalue weighted by Gasteiger charge is 2.26. The summed E-state index contributed by atoms with van der Waals surface area (Å²) in [6.07, 6.45) is 17.8. The number of anilines is 2. The van der Waals surface area contributed by atoms with E-state index >= 15 is 0 Å². The molecular weight excluding hydrogens is 626 g/mol. The van der Waals surface area contributed by atoms with Gasteiger partial charge in [0, 0.05) is 24.5 Å². The summed E-state index contributed by atoms with van der Waals surface area (Å²) in [6, 6.07) is 12.9. The second kappa shape index (κ2) is 22.3. The molecule has 0 spiro atoms. The molecule has 2 aromatic rings. The number of carbonyl (C=O) groups is 2. The molecule has 0 fully saturated rings. The molecule has 0 aliphatic rings. The van der Waals surface area contributed by atoms with Gasteiger partial charge in [-0.15, -0.1) is 0 Å². The van der Waals surface area contributed by atoms with Crippen molar-refractivity contribution in [3.05, 3.63) is 48.5 Å². The third-order valence-electron chi connectivity index (χ3n) is 7.92. The van der Waals surface area contributed by atoms with E-state index < -0.39 is 15.2 Å². The molecule has 46 heavy (non-hydrogen) atoms. The minimum atomic E-state index is -4.28. The van der Waals surface area contributed by atoms with Crippen molar-refractivity contribution >= 4 is 50.0 Å². The fourth-order valence-corrected chi connectivity index (χ4v) is 7.47. The molecule has 2 rings (SSSR count). The molecule has 0 radical (unpaired) electrons. The van der Waals surface area contributed by atoms with E-state index in [0.717, 1.165) is 57.0 Å². The number of hydrogen-bond acceptors (Lipinski definition) is 6. The third-order valence-corrected chi connectivity index (χ3v) is 11.0. The second-order valence-corrected chi connectivity index (χ2v) is 15.1. The zero-order valence-electron chi connectivity index (χ0n) is 27.6. The Morgan fingerprint density at radius 1 is 0.543 bits per heavy atom. The second-order valence-electron chi connectivity index (χ2n) is 11.5. The lowest BCUT2D eigenvalue weighted by molar-refractivity contribution is -0.108. The van der Waals surface area contributed by atoms with Gasteiger partial charge in [-0.1, -0.05) is 77.0 Å². The van der Waals surface area contributed by atoms with Crippen LogP contribution in [0.1, 0.15) is 104 Å². The Hall–Kier alpha value is -2.32. The Morgan fingerprint density at radius 3 is 1.13 bits per heavy atom. The van der Waals surface area contributed by atoms with E-state index in [4.69, 9.17) is 9.05 Å². The molecule has 0 unspecified atom stereocenters. The first-order valence-corrected chi connectivity index (χ1v) is 19.9. The smallest absolute Gasteiger partial charge is 0.321 e. The van der Waals surface area contributed by atoms with Crippen LogP contribution >= 0.6 is 15.2 Å². The van der Waals surface area contributed by atoms with Gasteiger partial charge in [0.25, 0.3) is 0 Å². The van der Waals surface area contributed by atoms with E-state index in [2.05, 4.69) is 0 Å². The van der Waals surface area contributed by atoms with Gasteiger partial charge in [0.05, 0.1) is 23.8 Å². The molecule has 0 saturated heterocycles. The van der Waals surface area contributed by atoms with Gasteiger partial charge in [-0.3, -0.25) is 18.7 Å². The molecule has 2 amide bonds. The average molecular weight is 681 g/mol. The zero-order valence-corrected chi connectivity index (χ0v) is 29.4. The maximum atomic E-state index is 12.9. The molecular formula is C34H54N2O8P2. The van der Waals surface area contributed by atoms with Gasteiger partial charge < -0.3 is 28.6 Å². The number of carbonyl (C=O) groups excluding carboxylic acids is 2. The summed E-state index contributed by atoms with van der Waals surface area (Å²) >= 11 is 0. The van der Waals surface area contributed by atoms with Gasteiger partial charge in [-0.05, 0) is 75.2 Å². The summed E-state index contributed by atoms with van der Waals surface area (Å²) in [7, 11) is -7.61. The summed E-state index contributed by atoms with van der Waals surface area (Å²) in [5.74, 6) is 0. The van der Waals surface area contributed by atoms with Gasteiger partial charge in [-0.2, -0.15) is 0 Å². The third kappa shape index (κ3) is 14.6. The quantitative estimate of drug-likeness (QED) is 0.0564. The SMILES string of the molecule is CCOP(=O)(OCC)c1ccc(N(C=O)CCCCCCCCCCCCCCCCN(C=O)c2ccc(P(=O)(O)O)cc2)cc1. The average Bonchev–Trinajstić information content (AvgIpc) is 3.04. The van der Waals surface area contributed by atoms with Crippen LogP contribution in [0.5, 0.6) is 0 Å². The predicted octanol–water partition coefficient (Wildman–Crippen LogP) is 7.47. The first-order chi connectivity index (χ1) is 22.2.